The summed E-state index contributed by atoms with van der Waals surface area (Å²) in [6.45, 7) is 0. The van der Waals surface area contributed by atoms with E-state index in [0.717, 1.165) is 11.3 Å². The number of aliphatic hydroxyl groups is 1. The summed E-state index contributed by atoms with van der Waals surface area (Å²) in [5.74, 6) is -2.89. The van der Waals surface area contributed by atoms with E-state index in [0.29, 0.717) is 0 Å². The summed E-state index contributed by atoms with van der Waals surface area (Å²) < 4.78 is 41.1. The number of phenols is 1. The molecular weight excluding hydrogens is 389 g/mol. The standard InChI is InChI=1S/C16H13F3N2O3S2/c17-16(18,19)15(24)11(13(23)10-2-1-7-26-10)12(20-14(25)21-15)8-3-5-9(22)6-4-8/h1-7,11-12,22,24H,(H2,20,21,25)/t11-,12-,15-/m0/s1. The summed E-state index contributed by atoms with van der Waals surface area (Å²) in [7, 11) is 0. The number of hydrogen-bond acceptors (Lipinski definition) is 5. The fourth-order valence-electron chi connectivity index (χ4n) is 2.87. The minimum atomic E-state index is -5.16. The van der Waals surface area contributed by atoms with Gasteiger partial charge in [-0.15, -0.1) is 11.3 Å². The van der Waals surface area contributed by atoms with Crippen LogP contribution in [0.15, 0.2) is 41.8 Å². The number of Topliss-reactive ketones (excluding diaryl/α,β-unsaturated/α-hetero) is 1. The second kappa shape index (κ2) is 6.53. The summed E-state index contributed by atoms with van der Waals surface area (Å²) in [5, 5.41) is 25.5. The molecule has 2 heterocycles. The van der Waals surface area contributed by atoms with Crippen LogP contribution in [-0.2, 0) is 0 Å². The molecule has 26 heavy (non-hydrogen) atoms. The van der Waals surface area contributed by atoms with Crippen molar-refractivity contribution in [2.45, 2.75) is 17.9 Å². The molecule has 2 aromatic rings. The van der Waals surface area contributed by atoms with Crippen LogP contribution in [0.5, 0.6) is 5.75 Å². The fourth-order valence-corrected chi connectivity index (χ4v) is 3.86. The number of benzene rings is 1. The van der Waals surface area contributed by atoms with Crippen LogP contribution in [0, 0.1) is 5.92 Å². The van der Waals surface area contributed by atoms with Gasteiger partial charge in [0, 0.05) is 0 Å². The Balaban J connectivity index is 2.14. The number of carbonyl (C=O) groups is 1. The van der Waals surface area contributed by atoms with Crippen LogP contribution in [0.2, 0.25) is 0 Å². The first kappa shape index (κ1) is 18.6. The Hall–Kier alpha value is -2.17. The quantitative estimate of drug-likeness (QED) is 0.467. The Labute approximate surface area is 155 Å². The second-order valence-electron chi connectivity index (χ2n) is 5.75. The van der Waals surface area contributed by atoms with Gasteiger partial charge in [-0.25, -0.2) is 0 Å². The van der Waals surface area contributed by atoms with Gasteiger partial charge in [-0.1, -0.05) is 18.2 Å². The van der Waals surface area contributed by atoms with Crippen molar-refractivity contribution in [3.8, 4) is 5.75 Å². The number of thiophene rings is 1. The zero-order chi connectivity index (χ0) is 19.1. The molecule has 5 nitrogen and oxygen atoms in total. The molecule has 3 atom stereocenters. The molecule has 3 rings (SSSR count). The van der Waals surface area contributed by atoms with Crippen LogP contribution in [0.3, 0.4) is 0 Å². The van der Waals surface area contributed by atoms with Crippen molar-refractivity contribution in [2.24, 2.45) is 5.92 Å². The van der Waals surface area contributed by atoms with E-state index < -0.39 is 34.8 Å². The highest BCUT2D eigenvalue weighted by Crippen LogP contribution is 2.44. The number of thiocarbonyl (C=S) groups is 1. The average molecular weight is 402 g/mol. The Morgan fingerprint density at radius 1 is 1.23 bits per heavy atom. The molecule has 1 saturated heterocycles. The summed E-state index contributed by atoms with van der Waals surface area (Å²) in [5.41, 5.74) is -3.27. The molecular formula is C16H13F3N2O3S2. The fraction of sp³-hybridized carbons (Fsp3) is 0.250. The molecule has 1 fully saturated rings. The van der Waals surface area contributed by atoms with Crippen molar-refractivity contribution in [1.29, 1.82) is 0 Å². The summed E-state index contributed by atoms with van der Waals surface area (Å²) in [6, 6.07) is 6.98. The van der Waals surface area contributed by atoms with Crippen molar-refractivity contribution >= 4 is 34.5 Å². The highest BCUT2D eigenvalue weighted by atomic mass is 32.1. The zero-order valence-corrected chi connectivity index (χ0v) is 14.6. The molecule has 1 aromatic heterocycles. The van der Waals surface area contributed by atoms with Gasteiger partial charge < -0.3 is 20.8 Å². The van der Waals surface area contributed by atoms with Crippen molar-refractivity contribution in [1.82, 2.24) is 10.6 Å². The number of carbonyl (C=O) groups excluding carboxylic acids is 1. The topological polar surface area (TPSA) is 81.6 Å². The lowest BCUT2D eigenvalue weighted by Gasteiger charge is -2.46. The maximum atomic E-state index is 13.7. The highest BCUT2D eigenvalue weighted by molar-refractivity contribution is 7.80. The number of halogens is 3. The van der Waals surface area contributed by atoms with Gasteiger partial charge in [-0.3, -0.25) is 4.79 Å². The third kappa shape index (κ3) is 3.15. The maximum Gasteiger partial charge on any atom is 0.437 e. The number of nitrogens with one attached hydrogen (secondary N) is 2. The van der Waals surface area contributed by atoms with Gasteiger partial charge in [0.1, 0.15) is 11.7 Å². The van der Waals surface area contributed by atoms with E-state index in [1.807, 2.05) is 5.32 Å². The molecule has 0 unspecified atom stereocenters. The normalized spacial score (nSPS) is 26.1. The zero-order valence-electron chi connectivity index (χ0n) is 12.9. The lowest BCUT2D eigenvalue weighted by molar-refractivity contribution is -0.285. The Bertz CT molecular complexity index is 824. The SMILES string of the molecule is O=C(c1cccs1)[C@@H]1[C@H](c2ccc(O)cc2)NC(=S)N[C@@]1(O)C(F)(F)F. The van der Waals surface area contributed by atoms with Crippen LogP contribution < -0.4 is 10.6 Å². The van der Waals surface area contributed by atoms with Gasteiger partial charge in [0.05, 0.1) is 10.9 Å². The summed E-state index contributed by atoms with van der Waals surface area (Å²) in [4.78, 5) is 12.9. The monoisotopic (exact) mass is 402 g/mol. The molecule has 0 bridgehead atoms. The van der Waals surface area contributed by atoms with E-state index in [9.17, 15) is 28.2 Å². The molecule has 1 aliphatic heterocycles. The molecule has 138 valence electrons. The summed E-state index contributed by atoms with van der Waals surface area (Å²) in [6.07, 6.45) is -5.16. The van der Waals surface area contributed by atoms with Crippen LogP contribution in [-0.4, -0.2) is 33.0 Å². The number of phenolic OH excluding ortho intramolecular Hbond substituents is 1. The third-order valence-electron chi connectivity index (χ3n) is 4.10. The van der Waals surface area contributed by atoms with E-state index in [4.69, 9.17) is 12.2 Å². The highest BCUT2D eigenvalue weighted by Gasteiger charge is 2.65. The number of alkyl halides is 3. The van der Waals surface area contributed by atoms with Crippen LogP contribution in [0.4, 0.5) is 13.2 Å². The first-order valence-electron chi connectivity index (χ1n) is 7.38. The van der Waals surface area contributed by atoms with Gasteiger partial charge in [-0.2, -0.15) is 13.2 Å². The van der Waals surface area contributed by atoms with Crippen molar-refractivity contribution in [3.05, 3.63) is 52.2 Å². The predicted octanol–water partition coefficient (Wildman–Crippen LogP) is 2.72. The first-order chi connectivity index (χ1) is 12.1. The van der Waals surface area contributed by atoms with E-state index in [1.54, 1.807) is 5.38 Å². The summed E-state index contributed by atoms with van der Waals surface area (Å²) >= 11 is 5.81. The first-order valence-corrected chi connectivity index (χ1v) is 8.66. The molecule has 0 amide bonds. The molecule has 10 heteroatoms. The number of rotatable bonds is 3. The molecule has 1 aromatic carbocycles. The van der Waals surface area contributed by atoms with Crippen LogP contribution in [0.1, 0.15) is 21.3 Å². The van der Waals surface area contributed by atoms with Crippen molar-refractivity contribution in [3.63, 3.8) is 0 Å². The van der Waals surface area contributed by atoms with Crippen LogP contribution >= 0.6 is 23.6 Å². The number of ketones is 1. The molecule has 0 aliphatic carbocycles. The molecule has 0 saturated carbocycles. The van der Waals surface area contributed by atoms with Crippen molar-refractivity contribution < 1.29 is 28.2 Å². The van der Waals surface area contributed by atoms with Gasteiger partial charge in [0.25, 0.3) is 0 Å². The van der Waals surface area contributed by atoms with E-state index in [-0.39, 0.29) is 16.2 Å². The lowest BCUT2D eigenvalue weighted by atomic mass is 9.79. The number of aromatic hydroxyl groups is 1. The number of hydrogen-bond donors (Lipinski definition) is 4. The molecule has 4 N–H and O–H groups in total. The molecule has 0 spiro atoms. The van der Waals surface area contributed by atoms with E-state index in [1.165, 1.54) is 36.4 Å². The van der Waals surface area contributed by atoms with E-state index >= 15 is 0 Å². The maximum absolute atomic E-state index is 13.7. The van der Waals surface area contributed by atoms with E-state index in [2.05, 4.69) is 5.32 Å². The van der Waals surface area contributed by atoms with Crippen LogP contribution in [0.25, 0.3) is 0 Å². The third-order valence-corrected chi connectivity index (χ3v) is 5.21. The van der Waals surface area contributed by atoms with Gasteiger partial charge >= 0.3 is 6.18 Å². The Kier molecular flexibility index (Phi) is 4.67. The Morgan fingerprint density at radius 3 is 2.42 bits per heavy atom. The smallest absolute Gasteiger partial charge is 0.437 e. The predicted molar refractivity (Wildman–Crippen MR) is 92.9 cm³/mol. The lowest BCUT2D eigenvalue weighted by Crippen LogP contribution is -2.72. The van der Waals surface area contributed by atoms with Gasteiger partial charge in [0.15, 0.2) is 10.9 Å². The van der Waals surface area contributed by atoms with Gasteiger partial charge in [-0.05, 0) is 41.4 Å². The van der Waals surface area contributed by atoms with Gasteiger partial charge in [0.2, 0.25) is 5.72 Å². The molecule has 0 radical (unpaired) electrons. The van der Waals surface area contributed by atoms with Crippen molar-refractivity contribution in [2.75, 3.05) is 0 Å². The second-order valence-corrected chi connectivity index (χ2v) is 7.11. The largest absolute Gasteiger partial charge is 0.508 e. The minimum absolute atomic E-state index is 0.0814. The average Bonchev–Trinajstić information content (AvgIpc) is 3.08. The minimum Gasteiger partial charge on any atom is -0.508 e. The molecule has 1 aliphatic rings. The Morgan fingerprint density at radius 2 is 1.88 bits per heavy atom.